The van der Waals surface area contributed by atoms with E-state index in [1.165, 1.54) is 61.1 Å². The zero-order valence-corrected chi connectivity index (χ0v) is 23.0. The second-order valence-corrected chi connectivity index (χ2v) is 14.1. The van der Waals surface area contributed by atoms with Crippen LogP contribution in [0.15, 0.2) is 46.2 Å². The molecule has 1 aliphatic carbocycles. The molecule has 0 bridgehead atoms. The number of halogens is 10. The van der Waals surface area contributed by atoms with Crippen LogP contribution in [-0.2, 0) is 26.1 Å². The molecule has 230 valence electrons. The van der Waals surface area contributed by atoms with E-state index in [4.69, 9.17) is 0 Å². The van der Waals surface area contributed by atoms with Gasteiger partial charge in [-0.2, -0.15) is 43.9 Å². The Morgan fingerprint density at radius 1 is 0.634 bits per heavy atom. The van der Waals surface area contributed by atoms with E-state index < -0.39 is 69.9 Å². The predicted octanol–water partition coefficient (Wildman–Crippen LogP) is 6.36. The molecular weight excluding hydrogens is 620 g/mol. The maximum Gasteiger partial charge on any atom is 0.469 e. The average Bonchev–Trinajstić information content (AvgIpc) is 3.20. The van der Waals surface area contributed by atoms with Gasteiger partial charge in [0.1, 0.15) is 0 Å². The third-order valence-corrected chi connectivity index (χ3v) is 10.7. The highest BCUT2D eigenvalue weighted by Crippen LogP contribution is 2.52. The largest absolute Gasteiger partial charge is 0.469 e. The average molecular weight is 645 g/mol. The molecule has 1 heterocycles. The van der Waals surface area contributed by atoms with Crippen LogP contribution in [-0.4, -0.2) is 71.4 Å². The molecule has 4 rings (SSSR count). The SMILES string of the molecule is C[N+]1(C)CCCCC1.O=S(=O)(c1ccc2c(c1S(=O)(=O)C(F)(F)C(F)(F)F)Cc1ccccc1-2)C(F)(F)C(F)(F)F. The minimum Gasteiger partial charge on any atom is -0.328 e. The number of hydrogen-bond acceptors (Lipinski definition) is 4. The lowest BCUT2D eigenvalue weighted by atomic mass is 10.1. The molecule has 41 heavy (non-hydrogen) atoms. The molecule has 2 aromatic rings. The Labute approximate surface area is 229 Å². The van der Waals surface area contributed by atoms with E-state index in [1.807, 2.05) is 0 Å². The van der Waals surface area contributed by atoms with Gasteiger partial charge in [-0.25, -0.2) is 16.8 Å². The van der Waals surface area contributed by atoms with E-state index in [-0.39, 0.29) is 17.2 Å². The Bertz CT molecular complexity index is 1520. The molecule has 1 fully saturated rings. The van der Waals surface area contributed by atoms with Gasteiger partial charge in [0.2, 0.25) is 0 Å². The molecular formula is C24H24F10NO4S2+. The maximum absolute atomic E-state index is 14.0. The monoisotopic (exact) mass is 644 g/mol. The van der Waals surface area contributed by atoms with E-state index in [2.05, 4.69) is 14.1 Å². The first-order valence-electron chi connectivity index (χ1n) is 11.8. The summed E-state index contributed by atoms with van der Waals surface area (Å²) in [6.07, 6.45) is -10.2. The van der Waals surface area contributed by atoms with Crippen LogP contribution in [0.4, 0.5) is 43.9 Å². The van der Waals surface area contributed by atoms with Gasteiger partial charge in [0.15, 0.2) is 0 Å². The van der Waals surface area contributed by atoms with Gasteiger partial charge in [-0.1, -0.05) is 30.3 Å². The van der Waals surface area contributed by atoms with Gasteiger partial charge >= 0.3 is 22.9 Å². The number of alkyl halides is 10. The zero-order valence-electron chi connectivity index (χ0n) is 21.4. The number of likely N-dealkylation sites (tertiary alicyclic amines) is 1. The highest BCUT2D eigenvalue weighted by Gasteiger charge is 2.71. The van der Waals surface area contributed by atoms with Gasteiger partial charge in [0.05, 0.1) is 37.0 Å². The highest BCUT2D eigenvalue weighted by molar-refractivity contribution is 7.95. The second-order valence-electron chi connectivity index (χ2n) is 10.2. The molecule has 0 saturated carbocycles. The lowest BCUT2D eigenvalue weighted by Gasteiger charge is -2.33. The Hall–Kier alpha value is -2.40. The molecule has 0 N–H and O–H groups in total. The van der Waals surface area contributed by atoms with E-state index in [1.54, 1.807) is 0 Å². The molecule has 0 spiro atoms. The molecule has 2 aromatic carbocycles. The van der Waals surface area contributed by atoms with Gasteiger partial charge < -0.3 is 4.48 Å². The van der Waals surface area contributed by atoms with E-state index in [9.17, 15) is 60.7 Å². The molecule has 2 aliphatic rings. The van der Waals surface area contributed by atoms with Crippen LogP contribution >= 0.6 is 0 Å². The minimum atomic E-state index is -7.20. The minimum absolute atomic E-state index is 0.0332. The van der Waals surface area contributed by atoms with Gasteiger partial charge in [0.25, 0.3) is 19.7 Å². The Balaban J connectivity index is 0.000000496. The van der Waals surface area contributed by atoms with Crippen LogP contribution in [0.25, 0.3) is 11.1 Å². The number of nitrogens with zero attached hydrogens (tertiary/aromatic N) is 1. The maximum atomic E-state index is 14.0. The number of quaternary nitrogens is 1. The smallest absolute Gasteiger partial charge is 0.328 e. The normalized spacial score (nSPS) is 17.8. The zero-order chi connectivity index (χ0) is 31.4. The molecule has 0 amide bonds. The highest BCUT2D eigenvalue weighted by atomic mass is 32.2. The van der Waals surface area contributed by atoms with Crippen molar-refractivity contribution in [1.29, 1.82) is 0 Å². The summed E-state index contributed by atoms with van der Waals surface area (Å²) in [5, 5.41) is -13.4. The third-order valence-electron chi connectivity index (χ3n) is 6.82. The fourth-order valence-electron chi connectivity index (χ4n) is 4.61. The summed E-state index contributed by atoms with van der Waals surface area (Å²) < 4.78 is 183. The molecule has 0 atom stereocenters. The first-order chi connectivity index (χ1) is 18.4. The lowest BCUT2D eigenvalue weighted by molar-refractivity contribution is -0.894. The molecule has 17 heteroatoms. The first kappa shape index (κ1) is 33.1. The van der Waals surface area contributed by atoms with Crippen molar-refractivity contribution in [1.82, 2.24) is 0 Å². The van der Waals surface area contributed by atoms with Crippen molar-refractivity contribution in [2.24, 2.45) is 0 Å². The summed E-state index contributed by atoms with van der Waals surface area (Å²) in [5.41, 5.74) is -1.39. The number of benzene rings is 2. The number of hydrogen-bond donors (Lipinski definition) is 0. The first-order valence-corrected chi connectivity index (χ1v) is 14.8. The Kier molecular flexibility index (Phi) is 8.40. The Morgan fingerprint density at radius 3 is 1.59 bits per heavy atom. The van der Waals surface area contributed by atoms with Crippen molar-refractivity contribution in [2.45, 2.75) is 58.3 Å². The van der Waals surface area contributed by atoms with Gasteiger partial charge in [-0.05, 0) is 47.6 Å². The fraction of sp³-hybridized carbons (Fsp3) is 0.500. The van der Waals surface area contributed by atoms with Crippen LogP contribution in [0.5, 0.6) is 0 Å². The van der Waals surface area contributed by atoms with Crippen molar-refractivity contribution in [3.63, 3.8) is 0 Å². The molecule has 1 saturated heterocycles. The predicted molar refractivity (Wildman–Crippen MR) is 127 cm³/mol. The van der Waals surface area contributed by atoms with Gasteiger partial charge in [0, 0.05) is 6.42 Å². The van der Waals surface area contributed by atoms with Crippen molar-refractivity contribution in [3.8, 4) is 11.1 Å². The number of piperidine rings is 1. The van der Waals surface area contributed by atoms with Crippen molar-refractivity contribution in [3.05, 3.63) is 47.5 Å². The summed E-state index contributed by atoms with van der Waals surface area (Å²) in [6, 6.07) is 5.54. The van der Waals surface area contributed by atoms with Crippen molar-refractivity contribution >= 4 is 19.7 Å². The van der Waals surface area contributed by atoms with Crippen LogP contribution < -0.4 is 0 Å². The molecule has 5 nitrogen and oxygen atoms in total. The van der Waals surface area contributed by atoms with Gasteiger partial charge in [-0.3, -0.25) is 0 Å². The summed E-state index contributed by atoms with van der Waals surface area (Å²) in [5.74, 6) is 0. The molecule has 1 aliphatic heterocycles. The molecule has 0 unspecified atom stereocenters. The van der Waals surface area contributed by atoms with Crippen molar-refractivity contribution in [2.75, 3.05) is 27.2 Å². The third kappa shape index (κ3) is 5.68. The van der Waals surface area contributed by atoms with Gasteiger partial charge in [-0.15, -0.1) is 0 Å². The molecule has 0 radical (unpaired) electrons. The van der Waals surface area contributed by atoms with Crippen LogP contribution in [0, 0.1) is 0 Å². The number of sulfone groups is 2. The second kappa shape index (κ2) is 10.4. The lowest BCUT2D eigenvalue weighted by Crippen LogP contribution is -2.47. The van der Waals surface area contributed by atoms with E-state index >= 15 is 0 Å². The summed E-state index contributed by atoms with van der Waals surface area (Å²) in [4.78, 5) is -5.00. The summed E-state index contributed by atoms with van der Waals surface area (Å²) in [7, 11) is -9.72. The molecule has 0 aromatic heterocycles. The standard InChI is InChI=1S/C17H8F10O4S2.C7H16N/c18-14(19,20)16(24,25)32(28,29)12-6-5-10-9-4-2-1-3-8(9)7-11(10)13(12)33(30,31)17(26,27)15(21,22)23;1-8(2)6-4-3-5-7-8/h1-6H,7H2;3-7H2,1-2H3/q;+1. The quantitative estimate of drug-likeness (QED) is 0.245. The van der Waals surface area contributed by atoms with Crippen LogP contribution in [0.1, 0.15) is 30.4 Å². The van der Waals surface area contributed by atoms with Crippen LogP contribution in [0.2, 0.25) is 0 Å². The van der Waals surface area contributed by atoms with Crippen LogP contribution in [0.3, 0.4) is 0 Å². The van der Waals surface area contributed by atoms with Crippen molar-refractivity contribution < 1.29 is 65.2 Å². The number of fused-ring (bicyclic) bond motifs is 3. The van der Waals surface area contributed by atoms with E-state index in [0.29, 0.717) is 6.07 Å². The number of rotatable bonds is 4. The Morgan fingerprint density at radius 2 is 1.12 bits per heavy atom. The van der Waals surface area contributed by atoms with E-state index in [0.717, 1.165) is 0 Å². The topological polar surface area (TPSA) is 68.3 Å². The summed E-state index contributed by atoms with van der Waals surface area (Å²) >= 11 is 0. The summed E-state index contributed by atoms with van der Waals surface area (Å²) in [6.45, 7) is 2.78. The fourth-order valence-corrected chi connectivity index (χ4v) is 7.86.